The fourth-order valence-corrected chi connectivity index (χ4v) is 3.93. The highest BCUT2D eigenvalue weighted by atomic mass is 32.2. The number of alkyl halides is 3. The molecule has 1 aromatic carbocycles. The molecule has 1 aliphatic rings. The van der Waals surface area contributed by atoms with Gasteiger partial charge in [0, 0.05) is 0 Å². The predicted octanol–water partition coefficient (Wildman–Crippen LogP) is 0.508. The Bertz CT molecular complexity index is 673. The zero-order valence-corrected chi connectivity index (χ0v) is 13.1. The number of benzene rings is 1. The third-order valence-electron chi connectivity index (χ3n) is 3.84. The molecule has 1 saturated heterocycles. The molecule has 9 heteroatoms. The maximum Gasteiger partial charge on any atom is 0.416 e. The normalized spacial score (nSPS) is 17.8. The van der Waals surface area contributed by atoms with Gasteiger partial charge in [-0.25, -0.2) is 8.42 Å². The topological polar surface area (TPSA) is 65.6 Å². The molecule has 1 aromatic rings. The van der Waals surface area contributed by atoms with E-state index >= 15 is 0 Å². The molecule has 2 rings (SSSR count). The Kier molecular flexibility index (Phi) is 5.29. The summed E-state index contributed by atoms with van der Waals surface area (Å²) in [4.78, 5) is 1.02. The summed E-state index contributed by atoms with van der Waals surface area (Å²) >= 11 is 0. The predicted molar refractivity (Wildman–Crippen MR) is 76.0 cm³/mol. The van der Waals surface area contributed by atoms with Gasteiger partial charge in [0.05, 0.1) is 55.7 Å². The van der Waals surface area contributed by atoms with Crippen molar-refractivity contribution in [1.82, 2.24) is 4.31 Å². The highest BCUT2D eigenvalue weighted by molar-refractivity contribution is 7.89. The molecule has 1 N–H and O–H groups in total. The number of hydrogen-bond acceptors (Lipinski definition) is 3. The molecule has 0 atom stereocenters. The molecule has 0 aromatic heterocycles. The summed E-state index contributed by atoms with van der Waals surface area (Å²) in [5.41, 5.74) is -0.873. The number of nitrogens with zero attached hydrogens (tertiary/aromatic N) is 2. The summed E-state index contributed by atoms with van der Waals surface area (Å²) in [6.45, 7) is 2.43. The second kappa shape index (κ2) is 6.86. The van der Waals surface area contributed by atoms with Crippen molar-refractivity contribution in [1.29, 1.82) is 5.26 Å². The number of nitrogens with one attached hydrogen (secondary N) is 1. The van der Waals surface area contributed by atoms with Crippen LogP contribution in [0.15, 0.2) is 29.2 Å². The lowest BCUT2D eigenvalue weighted by molar-refractivity contribution is -0.903. The number of rotatable bonds is 4. The maximum atomic E-state index is 12.5. The van der Waals surface area contributed by atoms with Gasteiger partial charge in [-0.15, -0.1) is 0 Å². The van der Waals surface area contributed by atoms with E-state index in [4.69, 9.17) is 5.26 Å². The van der Waals surface area contributed by atoms with Crippen LogP contribution < -0.4 is 4.90 Å². The van der Waals surface area contributed by atoms with Crippen LogP contribution in [0.5, 0.6) is 0 Å². The lowest BCUT2D eigenvalue weighted by Crippen LogP contribution is -3.14. The van der Waals surface area contributed by atoms with Gasteiger partial charge >= 0.3 is 6.18 Å². The lowest BCUT2D eigenvalue weighted by atomic mass is 10.2. The minimum Gasteiger partial charge on any atom is -0.332 e. The summed E-state index contributed by atoms with van der Waals surface area (Å²) < 4.78 is 63.8. The molecule has 0 bridgehead atoms. The zero-order chi connectivity index (χ0) is 17.1. The van der Waals surface area contributed by atoms with Crippen LogP contribution in [0.2, 0.25) is 0 Å². The first-order chi connectivity index (χ1) is 10.7. The van der Waals surface area contributed by atoms with E-state index in [0.29, 0.717) is 39.1 Å². The summed E-state index contributed by atoms with van der Waals surface area (Å²) in [6.07, 6.45) is -4.07. The van der Waals surface area contributed by atoms with Gasteiger partial charge in [0.2, 0.25) is 10.0 Å². The van der Waals surface area contributed by atoms with Crippen molar-refractivity contribution in [3.63, 3.8) is 0 Å². The molecule has 0 radical (unpaired) electrons. The van der Waals surface area contributed by atoms with E-state index in [-0.39, 0.29) is 4.90 Å². The molecule has 0 saturated carbocycles. The number of nitriles is 1. The largest absolute Gasteiger partial charge is 0.416 e. The van der Waals surface area contributed by atoms with Crippen molar-refractivity contribution in [2.24, 2.45) is 0 Å². The third kappa shape index (κ3) is 4.22. The summed E-state index contributed by atoms with van der Waals surface area (Å²) in [6, 6.07) is 5.60. The molecule has 0 spiro atoms. The van der Waals surface area contributed by atoms with Gasteiger partial charge in [0.15, 0.2) is 0 Å². The van der Waals surface area contributed by atoms with E-state index in [1.165, 1.54) is 4.31 Å². The molecule has 1 fully saturated rings. The molecule has 23 heavy (non-hydrogen) atoms. The van der Waals surface area contributed by atoms with E-state index in [2.05, 4.69) is 6.07 Å². The van der Waals surface area contributed by atoms with Crippen molar-refractivity contribution < 1.29 is 26.5 Å². The lowest BCUT2D eigenvalue weighted by Gasteiger charge is -2.31. The average Bonchev–Trinajstić information content (AvgIpc) is 2.52. The van der Waals surface area contributed by atoms with Crippen LogP contribution in [-0.4, -0.2) is 45.4 Å². The Morgan fingerprint density at radius 2 is 1.74 bits per heavy atom. The molecule has 0 unspecified atom stereocenters. The second-order valence-electron chi connectivity index (χ2n) is 5.33. The number of hydrogen-bond donors (Lipinski definition) is 1. The maximum absolute atomic E-state index is 12.5. The van der Waals surface area contributed by atoms with Crippen molar-refractivity contribution in [2.45, 2.75) is 17.5 Å². The first kappa shape index (κ1) is 17.7. The molecular weight excluding hydrogens is 331 g/mol. The zero-order valence-electron chi connectivity index (χ0n) is 12.3. The molecule has 1 aliphatic heterocycles. The number of halogens is 3. The van der Waals surface area contributed by atoms with Crippen molar-refractivity contribution in [2.75, 3.05) is 32.7 Å². The smallest absolute Gasteiger partial charge is 0.332 e. The Balaban J connectivity index is 2.07. The van der Waals surface area contributed by atoms with E-state index in [1.54, 1.807) is 0 Å². The average molecular weight is 348 g/mol. The fraction of sp³-hybridized carbons (Fsp3) is 0.500. The van der Waals surface area contributed by atoms with Gasteiger partial charge in [-0.3, -0.25) is 0 Å². The van der Waals surface area contributed by atoms with Crippen molar-refractivity contribution >= 4 is 10.0 Å². The highest BCUT2D eigenvalue weighted by Crippen LogP contribution is 2.30. The molecule has 5 nitrogen and oxygen atoms in total. The first-order valence-electron chi connectivity index (χ1n) is 7.13. The summed E-state index contributed by atoms with van der Waals surface area (Å²) in [7, 11) is -3.78. The van der Waals surface area contributed by atoms with Crippen LogP contribution in [0.4, 0.5) is 13.2 Å². The third-order valence-corrected chi connectivity index (χ3v) is 5.75. The van der Waals surface area contributed by atoms with E-state index in [9.17, 15) is 21.6 Å². The Hall–Kier alpha value is -1.63. The van der Waals surface area contributed by atoms with Gasteiger partial charge in [0.1, 0.15) is 0 Å². The quantitative estimate of drug-likeness (QED) is 0.862. The van der Waals surface area contributed by atoms with Crippen LogP contribution in [0, 0.1) is 11.3 Å². The molecule has 0 amide bonds. The van der Waals surface area contributed by atoms with Crippen LogP contribution in [-0.2, 0) is 16.2 Å². The Morgan fingerprint density at radius 1 is 1.17 bits per heavy atom. The van der Waals surface area contributed by atoms with E-state index in [1.807, 2.05) is 0 Å². The molecule has 0 aliphatic carbocycles. The minimum absolute atomic E-state index is 0.133. The van der Waals surface area contributed by atoms with Gasteiger partial charge in [-0.2, -0.15) is 22.7 Å². The van der Waals surface area contributed by atoms with Crippen LogP contribution in [0.25, 0.3) is 0 Å². The molecule has 1 heterocycles. The SMILES string of the molecule is N#CCC[NH+]1CCN(S(=O)(=O)c2ccc(C(F)(F)F)cc2)CC1. The van der Waals surface area contributed by atoms with Gasteiger partial charge in [-0.05, 0) is 24.3 Å². The fourth-order valence-electron chi connectivity index (χ4n) is 2.49. The van der Waals surface area contributed by atoms with Gasteiger partial charge in [-0.1, -0.05) is 0 Å². The second-order valence-corrected chi connectivity index (χ2v) is 7.27. The summed E-state index contributed by atoms with van der Waals surface area (Å²) in [5.74, 6) is 0. The monoisotopic (exact) mass is 348 g/mol. The summed E-state index contributed by atoms with van der Waals surface area (Å²) in [5, 5.41) is 8.56. The number of sulfonamides is 1. The van der Waals surface area contributed by atoms with Crippen molar-refractivity contribution in [3.8, 4) is 6.07 Å². The first-order valence-corrected chi connectivity index (χ1v) is 8.57. The number of piperazine rings is 1. The van der Waals surface area contributed by atoms with E-state index in [0.717, 1.165) is 29.2 Å². The molecule has 126 valence electrons. The van der Waals surface area contributed by atoms with Crippen LogP contribution in [0.1, 0.15) is 12.0 Å². The van der Waals surface area contributed by atoms with Gasteiger partial charge < -0.3 is 4.90 Å². The molecular formula is C14H17F3N3O2S+. The van der Waals surface area contributed by atoms with Gasteiger partial charge in [0.25, 0.3) is 0 Å². The van der Waals surface area contributed by atoms with Crippen LogP contribution in [0.3, 0.4) is 0 Å². The van der Waals surface area contributed by atoms with Crippen molar-refractivity contribution in [3.05, 3.63) is 29.8 Å². The van der Waals surface area contributed by atoms with Crippen LogP contribution >= 0.6 is 0 Å². The highest BCUT2D eigenvalue weighted by Gasteiger charge is 2.33. The minimum atomic E-state index is -4.49. The Labute approximate surface area is 133 Å². The Morgan fingerprint density at radius 3 is 2.22 bits per heavy atom. The standard InChI is InChI=1S/C14H16F3N3O2S/c15-14(16,17)12-2-4-13(5-3-12)23(21,22)20-10-8-19(9-11-20)7-1-6-18/h2-5H,1,7-11H2/p+1. The number of quaternary nitrogens is 1. The van der Waals surface area contributed by atoms with E-state index < -0.39 is 21.8 Å².